The molecule has 2 amide bonds. The topological polar surface area (TPSA) is 92.8 Å². The number of carbonyl (C=O) groups excluding carboxylic acids is 3. The molecule has 0 radical (unpaired) electrons. The number of fused-ring (bicyclic) bond motifs is 1. The van der Waals surface area contributed by atoms with E-state index in [1.807, 2.05) is 0 Å². The molecule has 7 nitrogen and oxygen atoms in total. The Morgan fingerprint density at radius 3 is 2.73 bits per heavy atom. The van der Waals surface area contributed by atoms with Crippen LogP contribution < -0.4 is 5.32 Å². The number of alkyl halides is 1. The normalized spacial score (nSPS) is 34.5. The second kappa shape index (κ2) is 5.92. The third kappa shape index (κ3) is 2.92. The Bertz CT molecular complexity index is 535. The Morgan fingerprint density at radius 2 is 2.23 bits per heavy atom. The van der Waals surface area contributed by atoms with Gasteiger partial charge in [-0.2, -0.15) is 0 Å². The van der Waals surface area contributed by atoms with E-state index in [1.165, 1.54) is 4.90 Å². The summed E-state index contributed by atoms with van der Waals surface area (Å²) in [5.74, 6) is -0.694. The van der Waals surface area contributed by atoms with E-state index in [0.717, 1.165) is 0 Å². The summed E-state index contributed by atoms with van der Waals surface area (Å²) in [7, 11) is -1.45. The molecule has 22 heavy (non-hydrogen) atoms. The maximum absolute atomic E-state index is 12.5. The molecule has 0 aliphatic carbocycles. The summed E-state index contributed by atoms with van der Waals surface area (Å²) < 4.78 is 17.9. The van der Waals surface area contributed by atoms with E-state index in [4.69, 9.17) is 4.74 Å². The summed E-state index contributed by atoms with van der Waals surface area (Å²) in [6, 6.07) is -0.759. The van der Waals surface area contributed by atoms with Crippen LogP contribution >= 0.6 is 15.9 Å². The van der Waals surface area contributed by atoms with Crippen LogP contribution in [0.4, 0.5) is 0 Å². The lowest BCUT2D eigenvalue weighted by Crippen LogP contribution is -2.76. The highest BCUT2D eigenvalue weighted by Gasteiger charge is 2.60. The zero-order valence-corrected chi connectivity index (χ0v) is 15.0. The highest BCUT2D eigenvalue weighted by Crippen LogP contribution is 2.38. The van der Waals surface area contributed by atoms with Crippen LogP contribution in [0.15, 0.2) is 0 Å². The van der Waals surface area contributed by atoms with Crippen LogP contribution in [-0.4, -0.2) is 62.0 Å². The summed E-state index contributed by atoms with van der Waals surface area (Å²) in [5.41, 5.74) is -1.69. The Balaban J connectivity index is 2.21. The van der Waals surface area contributed by atoms with E-state index < -0.39 is 39.2 Å². The van der Waals surface area contributed by atoms with Gasteiger partial charge in [0.25, 0.3) is 0 Å². The van der Waals surface area contributed by atoms with Gasteiger partial charge in [-0.05, 0) is 20.8 Å². The molecular formula is C13H19BrN2O5S. The van der Waals surface area contributed by atoms with Crippen molar-refractivity contribution < 1.29 is 23.3 Å². The first-order valence-corrected chi connectivity index (χ1v) is 9.32. The molecule has 0 spiro atoms. The van der Waals surface area contributed by atoms with Crippen molar-refractivity contribution in [3.8, 4) is 0 Å². The second-order valence-electron chi connectivity index (χ2n) is 6.56. The van der Waals surface area contributed by atoms with Crippen molar-refractivity contribution in [1.29, 1.82) is 0 Å². The van der Waals surface area contributed by atoms with Gasteiger partial charge in [0.05, 0.1) is 0 Å². The number of ether oxygens (including phenoxy) is 1. The molecular weight excluding hydrogens is 376 g/mol. The summed E-state index contributed by atoms with van der Waals surface area (Å²) in [5, 5.41) is 2.07. The lowest BCUT2D eigenvalue weighted by molar-refractivity contribution is -0.170. The quantitative estimate of drug-likeness (QED) is 0.307. The number of nitrogens with zero attached hydrogens (tertiary/aromatic N) is 1. The minimum absolute atomic E-state index is 0.0959. The standard InChI is InChI=1S/C13H19BrN2O5S/c1-12(2,3)21-11(19)13(4-14)5-16-9(18)8(15-7-17)10(16)22(20)6-13/h7-8,10H,4-6H2,1-3H3,(H,15,17)/t8?,10-,13?,22?/m1/s1. The van der Waals surface area contributed by atoms with E-state index >= 15 is 0 Å². The minimum atomic E-state index is -1.45. The summed E-state index contributed by atoms with van der Waals surface area (Å²) in [6.07, 6.45) is 0.428. The van der Waals surface area contributed by atoms with Gasteiger partial charge in [0, 0.05) is 28.4 Å². The van der Waals surface area contributed by atoms with Gasteiger partial charge in [0.1, 0.15) is 22.4 Å². The highest BCUT2D eigenvalue weighted by molar-refractivity contribution is 9.09. The largest absolute Gasteiger partial charge is 0.459 e. The molecule has 2 aliphatic heterocycles. The van der Waals surface area contributed by atoms with Gasteiger partial charge >= 0.3 is 5.97 Å². The van der Waals surface area contributed by atoms with Crippen LogP contribution in [0.5, 0.6) is 0 Å². The summed E-state index contributed by atoms with van der Waals surface area (Å²) in [4.78, 5) is 36.5. The molecule has 9 heteroatoms. The first-order chi connectivity index (χ1) is 10.1. The summed E-state index contributed by atoms with van der Waals surface area (Å²) >= 11 is 3.30. The first kappa shape index (κ1) is 17.4. The molecule has 0 saturated carbocycles. The molecule has 124 valence electrons. The third-order valence-corrected chi connectivity index (χ3v) is 6.61. The molecule has 2 saturated heterocycles. The van der Waals surface area contributed by atoms with Crippen molar-refractivity contribution in [3.05, 3.63) is 0 Å². The van der Waals surface area contributed by atoms with E-state index in [2.05, 4.69) is 21.2 Å². The van der Waals surface area contributed by atoms with Crippen molar-refractivity contribution >= 4 is 45.0 Å². The number of esters is 1. The average Bonchev–Trinajstić information content (AvgIpc) is 2.42. The first-order valence-electron chi connectivity index (χ1n) is 6.82. The zero-order valence-electron chi connectivity index (χ0n) is 12.6. The predicted octanol–water partition coefficient (Wildman–Crippen LogP) is -0.245. The van der Waals surface area contributed by atoms with Crippen molar-refractivity contribution in [1.82, 2.24) is 10.2 Å². The number of halogens is 1. The Morgan fingerprint density at radius 1 is 1.59 bits per heavy atom. The number of hydrogen-bond donors (Lipinski definition) is 1. The van der Waals surface area contributed by atoms with E-state index in [9.17, 15) is 18.6 Å². The maximum Gasteiger partial charge on any atom is 0.316 e. The molecule has 4 atom stereocenters. The summed E-state index contributed by atoms with van der Waals surface area (Å²) in [6.45, 7) is 5.41. The van der Waals surface area contributed by atoms with Crippen LogP contribution in [-0.2, 0) is 29.9 Å². The van der Waals surface area contributed by atoms with Gasteiger partial charge in [0.2, 0.25) is 12.3 Å². The van der Waals surface area contributed by atoms with E-state index in [0.29, 0.717) is 6.41 Å². The van der Waals surface area contributed by atoms with Crippen molar-refractivity contribution in [2.75, 3.05) is 17.6 Å². The molecule has 0 aromatic carbocycles. The highest BCUT2D eigenvalue weighted by atomic mass is 79.9. The van der Waals surface area contributed by atoms with Crippen molar-refractivity contribution in [2.45, 2.75) is 37.8 Å². The van der Waals surface area contributed by atoms with Gasteiger partial charge < -0.3 is 15.0 Å². The minimum Gasteiger partial charge on any atom is -0.459 e. The molecule has 2 rings (SSSR count). The number of amides is 2. The number of β-lactam (4-membered cyclic amide) rings is 1. The molecule has 1 N–H and O–H groups in total. The molecule has 0 aromatic heterocycles. The van der Waals surface area contributed by atoms with Gasteiger partial charge in [-0.15, -0.1) is 0 Å². The smallest absolute Gasteiger partial charge is 0.316 e. The van der Waals surface area contributed by atoms with Gasteiger partial charge in [-0.1, -0.05) is 15.9 Å². The van der Waals surface area contributed by atoms with Crippen LogP contribution in [0.1, 0.15) is 20.8 Å². The molecule has 2 aliphatic rings. The Hall–Kier alpha value is -0.960. The number of hydrogen-bond acceptors (Lipinski definition) is 5. The lowest BCUT2D eigenvalue weighted by Gasteiger charge is -2.53. The number of rotatable bonds is 4. The zero-order chi connectivity index (χ0) is 16.7. The van der Waals surface area contributed by atoms with Crippen LogP contribution in [0.25, 0.3) is 0 Å². The number of carbonyl (C=O) groups is 3. The van der Waals surface area contributed by atoms with Crippen LogP contribution in [0.3, 0.4) is 0 Å². The number of nitrogens with one attached hydrogen (secondary N) is 1. The fourth-order valence-electron chi connectivity index (χ4n) is 2.59. The molecule has 2 fully saturated rings. The van der Waals surface area contributed by atoms with E-state index in [1.54, 1.807) is 20.8 Å². The van der Waals surface area contributed by atoms with Gasteiger partial charge in [-0.3, -0.25) is 18.6 Å². The monoisotopic (exact) mass is 394 g/mol. The van der Waals surface area contributed by atoms with Gasteiger partial charge in [-0.25, -0.2) is 0 Å². The lowest BCUT2D eigenvalue weighted by atomic mass is 9.89. The fraction of sp³-hybridized carbons (Fsp3) is 0.769. The molecule has 2 heterocycles. The van der Waals surface area contributed by atoms with Crippen molar-refractivity contribution in [3.63, 3.8) is 0 Å². The fourth-order valence-corrected chi connectivity index (χ4v) is 5.44. The maximum atomic E-state index is 12.5. The van der Waals surface area contributed by atoms with Crippen molar-refractivity contribution in [2.24, 2.45) is 5.41 Å². The third-order valence-electron chi connectivity index (χ3n) is 3.64. The predicted molar refractivity (Wildman–Crippen MR) is 83.6 cm³/mol. The van der Waals surface area contributed by atoms with Gasteiger partial charge in [0.15, 0.2) is 0 Å². The van der Waals surface area contributed by atoms with Crippen LogP contribution in [0, 0.1) is 5.41 Å². The molecule has 3 unspecified atom stereocenters. The van der Waals surface area contributed by atoms with E-state index in [-0.39, 0.29) is 23.5 Å². The second-order valence-corrected chi connectivity index (χ2v) is 8.65. The van der Waals surface area contributed by atoms with Crippen LogP contribution in [0.2, 0.25) is 0 Å². The Kier molecular flexibility index (Phi) is 4.68. The average molecular weight is 395 g/mol. The molecule has 0 aromatic rings. The Labute approximate surface area is 139 Å². The molecule has 0 bridgehead atoms. The SMILES string of the molecule is CC(C)(C)OC(=O)C1(CBr)CN2C(=O)C(NC=O)[C@H]2S(=O)C1.